The Hall–Kier alpha value is -1.35. The molecule has 1 aromatic rings. The van der Waals surface area contributed by atoms with Crippen LogP contribution in [0.15, 0.2) is 30.3 Å². The van der Waals surface area contributed by atoms with E-state index in [0.717, 1.165) is 5.56 Å². The summed E-state index contributed by atoms with van der Waals surface area (Å²) in [6.07, 6.45) is 0. The van der Waals surface area contributed by atoms with Gasteiger partial charge in [-0.05, 0) is 11.0 Å². The van der Waals surface area contributed by atoms with Crippen LogP contribution in [0.5, 0.6) is 0 Å². The van der Waals surface area contributed by atoms with E-state index >= 15 is 0 Å². The Kier molecular flexibility index (Phi) is 3.20. The zero-order valence-electron chi connectivity index (χ0n) is 10.2. The number of aliphatic hydroxyl groups is 1. The summed E-state index contributed by atoms with van der Waals surface area (Å²) in [7, 11) is 0. The molecular weight excluding hydrogens is 216 g/mol. The fourth-order valence-electron chi connectivity index (χ4n) is 2.37. The van der Waals surface area contributed by atoms with Crippen molar-refractivity contribution < 1.29 is 14.6 Å². The van der Waals surface area contributed by atoms with Crippen LogP contribution in [-0.4, -0.2) is 17.7 Å². The predicted molar refractivity (Wildman–Crippen MR) is 64.1 cm³/mol. The molecule has 0 heterocycles. The van der Waals surface area contributed by atoms with Crippen LogP contribution in [0.3, 0.4) is 0 Å². The molecule has 0 saturated heterocycles. The molecule has 2 unspecified atom stereocenters. The van der Waals surface area contributed by atoms with Crippen molar-refractivity contribution in [2.24, 2.45) is 17.3 Å². The average molecular weight is 234 g/mol. The molecule has 1 aliphatic rings. The van der Waals surface area contributed by atoms with Crippen LogP contribution in [-0.2, 0) is 16.1 Å². The number of carbonyl (C=O) groups is 1. The van der Waals surface area contributed by atoms with Crippen LogP contribution in [0, 0.1) is 17.3 Å². The zero-order chi connectivity index (χ0) is 12.5. The molecule has 0 amide bonds. The Balaban J connectivity index is 1.87. The Bertz CT molecular complexity index is 397. The molecule has 1 aliphatic carbocycles. The van der Waals surface area contributed by atoms with Gasteiger partial charge in [0.05, 0.1) is 5.92 Å². The highest BCUT2D eigenvalue weighted by molar-refractivity contribution is 5.77. The fraction of sp³-hybridized carbons (Fsp3) is 0.500. The van der Waals surface area contributed by atoms with Crippen molar-refractivity contribution in [3.05, 3.63) is 35.9 Å². The summed E-state index contributed by atoms with van der Waals surface area (Å²) in [4.78, 5) is 11.8. The Morgan fingerprint density at radius 1 is 1.35 bits per heavy atom. The summed E-state index contributed by atoms with van der Waals surface area (Å²) in [5.74, 6) is -0.306. The van der Waals surface area contributed by atoms with Gasteiger partial charge in [0.25, 0.3) is 0 Å². The SMILES string of the molecule is CC1(C)C(CO)C1C(=O)OCc1ccccc1. The van der Waals surface area contributed by atoms with Crippen LogP contribution in [0.1, 0.15) is 19.4 Å². The lowest BCUT2D eigenvalue weighted by Gasteiger charge is -2.05. The molecule has 0 bridgehead atoms. The number of esters is 1. The number of benzene rings is 1. The van der Waals surface area contributed by atoms with E-state index in [0.29, 0.717) is 6.61 Å². The summed E-state index contributed by atoms with van der Waals surface area (Å²) in [6, 6.07) is 9.61. The van der Waals surface area contributed by atoms with Gasteiger partial charge in [0, 0.05) is 12.5 Å². The molecule has 0 radical (unpaired) electrons. The van der Waals surface area contributed by atoms with E-state index in [1.54, 1.807) is 0 Å². The van der Waals surface area contributed by atoms with E-state index in [-0.39, 0.29) is 29.8 Å². The first kappa shape index (κ1) is 12.1. The highest BCUT2D eigenvalue weighted by Gasteiger charge is 2.62. The van der Waals surface area contributed by atoms with E-state index in [4.69, 9.17) is 9.84 Å². The first-order valence-electron chi connectivity index (χ1n) is 5.88. The lowest BCUT2D eigenvalue weighted by molar-refractivity contribution is -0.147. The average Bonchev–Trinajstić information content (AvgIpc) is 2.89. The number of hydrogen-bond acceptors (Lipinski definition) is 3. The molecule has 0 aliphatic heterocycles. The highest BCUT2D eigenvalue weighted by atomic mass is 16.5. The molecule has 0 aromatic heterocycles. The molecule has 17 heavy (non-hydrogen) atoms. The fourth-order valence-corrected chi connectivity index (χ4v) is 2.37. The molecule has 1 aromatic carbocycles. The minimum Gasteiger partial charge on any atom is -0.461 e. The smallest absolute Gasteiger partial charge is 0.310 e. The van der Waals surface area contributed by atoms with Crippen molar-refractivity contribution in [1.29, 1.82) is 0 Å². The van der Waals surface area contributed by atoms with Gasteiger partial charge in [0.2, 0.25) is 0 Å². The number of aliphatic hydroxyl groups excluding tert-OH is 1. The van der Waals surface area contributed by atoms with Gasteiger partial charge in [-0.2, -0.15) is 0 Å². The predicted octanol–water partition coefficient (Wildman–Crippen LogP) is 1.99. The monoisotopic (exact) mass is 234 g/mol. The minimum absolute atomic E-state index is 0.0470. The third-order valence-electron chi connectivity index (χ3n) is 3.73. The Labute approximate surface area is 101 Å². The standard InChI is InChI=1S/C14H18O3/c1-14(2)11(8-15)12(14)13(16)17-9-10-6-4-3-5-7-10/h3-7,11-12,15H,8-9H2,1-2H3. The summed E-state index contributed by atoms with van der Waals surface area (Å²) in [5.41, 5.74) is 0.863. The lowest BCUT2D eigenvalue weighted by Crippen LogP contribution is -2.10. The van der Waals surface area contributed by atoms with Gasteiger partial charge >= 0.3 is 5.97 Å². The van der Waals surface area contributed by atoms with Crippen molar-refractivity contribution in [3.63, 3.8) is 0 Å². The molecule has 3 heteroatoms. The molecule has 2 atom stereocenters. The molecule has 1 N–H and O–H groups in total. The third kappa shape index (κ3) is 2.34. The molecule has 1 fully saturated rings. The second kappa shape index (κ2) is 4.49. The largest absolute Gasteiger partial charge is 0.461 e. The minimum atomic E-state index is -0.196. The maximum absolute atomic E-state index is 11.8. The molecule has 1 saturated carbocycles. The van der Waals surface area contributed by atoms with Crippen LogP contribution in [0.2, 0.25) is 0 Å². The van der Waals surface area contributed by atoms with Gasteiger partial charge < -0.3 is 9.84 Å². The number of hydrogen-bond donors (Lipinski definition) is 1. The summed E-state index contributed by atoms with van der Waals surface area (Å²) < 4.78 is 5.27. The number of rotatable bonds is 4. The zero-order valence-corrected chi connectivity index (χ0v) is 10.2. The first-order valence-corrected chi connectivity index (χ1v) is 5.88. The summed E-state index contributed by atoms with van der Waals surface area (Å²) in [5, 5.41) is 9.14. The number of ether oxygens (including phenoxy) is 1. The van der Waals surface area contributed by atoms with Gasteiger partial charge in [-0.15, -0.1) is 0 Å². The lowest BCUT2D eigenvalue weighted by atomic mass is 10.1. The number of carbonyl (C=O) groups excluding carboxylic acids is 1. The molecule has 2 rings (SSSR count). The molecule has 92 valence electrons. The van der Waals surface area contributed by atoms with Crippen LogP contribution in [0.4, 0.5) is 0 Å². The quantitative estimate of drug-likeness (QED) is 0.810. The van der Waals surface area contributed by atoms with Gasteiger partial charge in [-0.25, -0.2) is 0 Å². The topological polar surface area (TPSA) is 46.5 Å². The maximum Gasteiger partial charge on any atom is 0.310 e. The van der Waals surface area contributed by atoms with Gasteiger partial charge in [-0.1, -0.05) is 44.2 Å². The Morgan fingerprint density at radius 2 is 2.00 bits per heavy atom. The summed E-state index contributed by atoms with van der Waals surface area (Å²) in [6.45, 7) is 4.34. The van der Waals surface area contributed by atoms with Crippen molar-refractivity contribution in [1.82, 2.24) is 0 Å². The van der Waals surface area contributed by atoms with Gasteiger partial charge in [0.1, 0.15) is 6.61 Å². The van der Waals surface area contributed by atoms with Crippen molar-refractivity contribution in [3.8, 4) is 0 Å². The van der Waals surface area contributed by atoms with Crippen LogP contribution >= 0.6 is 0 Å². The second-order valence-electron chi connectivity index (χ2n) is 5.18. The summed E-state index contributed by atoms with van der Waals surface area (Å²) >= 11 is 0. The Morgan fingerprint density at radius 3 is 2.53 bits per heavy atom. The van der Waals surface area contributed by atoms with Crippen molar-refractivity contribution >= 4 is 5.97 Å². The molecular formula is C14H18O3. The van der Waals surface area contributed by atoms with E-state index in [9.17, 15) is 4.79 Å². The van der Waals surface area contributed by atoms with E-state index < -0.39 is 0 Å². The van der Waals surface area contributed by atoms with Gasteiger partial charge in [0.15, 0.2) is 0 Å². The van der Waals surface area contributed by atoms with Crippen molar-refractivity contribution in [2.45, 2.75) is 20.5 Å². The molecule has 0 spiro atoms. The van der Waals surface area contributed by atoms with Crippen LogP contribution < -0.4 is 0 Å². The normalized spacial score (nSPS) is 25.4. The van der Waals surface area contributed by atoms with E-state index in [1.807, 2.05) is 44.2 Å². The maximum atomic E-state index is 11.8. The second-order valence-corrected chi connectivity index (χ2v) is 5.18. The van der Waals surface area contributed by atoms with E-state index in [2.05, 4.69) is 0 Å². The van der Waals surface area contributed by atoms with Gasteiger partial charge in [-0.3, -0.25) is 4.79 Å². The molecule has 3 nitrogen and oxygen atoms in total. The highest BCUT2D eigenvalue weighted by Crippen LogP contribution is 2.58. The van der Waals surface area contributed by atoms with Crippen LogP contribution in [0.25, 0.3) is 0 Å². The van der Waals surface area contributed by atoms with E-state index in [1.165, 1.54) is 0 Å². The first-order chi connectivity index (χ1) is 8.07. The third-order valence-corrected chi connectivity index (χ3v) is 3.73. The van der Waals surface area contributed by atoms with Crippen molar-refractivity contribution in [2.75, 3.05) is 6.61 Å².